The number of rotatable bonds is 11. The van der Waals surface area contributed by atoms with Crippen LogP contribution in [0.2, 0.25) is 5.02 Å². The van der Waals surface area contributed by atoms with Crippen molar-refractivity contribution in [3.63, 3.8) is 0 Å². The molecule has 0 aliphatic carbocycles. The molecule has 0 fully saturated rings. The fraction of sp³-hybridized carbons (Fsp3) is 0.267. The van der Waals surface area contributed by atoms with Gasteiger partial charge in [0.05, 0.1) is 36.0 Å². The first kappa shape index (κ1) is 33.4. The second kappa shape index (κ2) is 13.2. The summed E-state index contributed by atoms with van der Waals surface area (Å²) in [5.41, 5.74) is 1.00. The molecule has 3 aromatic carbocycles. The summed E-state index contributed by atoms with van der Waals surface area (Å²) < 4.78 is 83.1. The van der Waals surface area contributed by atoms with E-state index in [-0.39, 0.29) is 11.3 Å². The lowest BCUT2D eigenvalue weighted by Gasteiger charge is -2.28. The van der Waals surface area contributed by atoms with Gasteiger partial charge < -0.3 is 9.47 Å². The van der Waals surface area contributed by atoms with E-state index in [9.17, 15) is 17.6 Å². The van der Waals surface area contributed by atoms with E-state index >= 15 is 8.78 Å². The monoisotopic (exact) mass is 667 g/mol. The van der Waals surface area contributed by atoms with Crippen molar-refractivity contribution in [3.8, 4) is 11.4 Å². The van der Waals surface area contributed by atoms with Crippen molar-refractivity contribution in [1.82, 2.24) is 14.3 Å². The summed E-state index contributed by atoms with van der Waals surface area (Å²) >= 11 is 7.25. The Kier molecular flexibility index (Phi) is 10.0. The lowest BCUT2D eigenvalue weighted by molar-refractivity contribution is -0.142. The predicted octanol–water partition coefficient (Wildman–Crippen LogP) is 6.41. The van der Waals surface area contributed by atoms with Crippen molar-refractivity contribution in [2.45, 2.75) is 48.0 Å². The molecule has 1 N–H and O–H groups in total. The van der Waals surface area contributed by atoms with Crippen molar-refractivity contribution >= 4 is 39.4 Å². The molecule has 4 aromatic rings. The van der Waals surface area contributed by atoms with Gasteiger partial charge in [-0.05, 0) is 61.0 Å². The summed E-state index contributed by atoms with van der Waals surface area (Å²) in [6.45, 7) is 5.15. The molecule has 1 atom stereocenters. The first-order valence-corrected chi connectivity index (χ1v) is 15.9. The van der Waals surface area contributed by atoms with Gasteiger partial charge in [-0.2, -0.15) is 4.72 Å². The van der Waals surface area contributed by atoms with E-state index in [1.54, 1.807) is 35.0 Å². The van der Waals surface area contributed by atoms with E-state index in [1.165, 1.54) is 26.2 Å². The zero-order valence-electron chi connectivity index (χ0n) is 24.3. The summed E-state index contributed by atoms with van der Waals surface area (Å²) in [7, 11) is -1.85. The van der Waals surface area contributed by atoms with E-state index < -0.39 is 49.8 Å². The van der Waals surface area contributed by atoms with Crippen LogP contribution < -0.4 is 9.46 Å². The fourth-order valence-electron chi connectivity index (χ4n) is 4.45. The number of esters is 1. The first-order valence-electron chi connectivity index (χ1n) is 13.1. The van der Waals surface area contributed by atoms with Crippen LogP contribution in [0, 0.1) is 17.5 Å². The predicted molar refractivity (Wildman–Crippen MR) is 161 cm³/mol. The number of carbonyl (C=O) groups excluding carboxylic acids is 1. The number of ether oxygens (including phenoxy) is 2. The lowest BCUT2D eigenvalue weighted by atomic mass is 9.81. The van der Waals surface area contributed by atoms with Gasteiger partial charge in [0.2, 0.25) is 10.0 Å². The average Bonchev–Trinajstić information content (AvgIpc) is 3.41. The molecule has 234 valence electrons. The van der Waals surface area contributed by atoms with Crippen LogP contribution in [-0.4, -0.2) is 44.2 Å². The van der Waals surface area contributed by atoms with Crippen LogP contribution in [0.4, 0.5) is 13.2 Å². The number of hydrogen-bond donors (Lipinski definition) is 1. The number of methoxy groups -OCH3 is 2. The largest absolute Gasteiger partial charge is 0.495 e. The maximum absolute atomic E-state index is 15.2. The molecule has 0 saturated heterocycles. The molecule has 0 aliphatic rings. The summed E-state index contributed by atoms with van der Waals surface area (Å²) in [5, 5.41) is 0.789. The average molecular weight is 668 g/mol. The molecule has 0 aliphatic heterocycles. The second-order valence-corrected chi connectivity index (χ2v) is 13.3. The fourth-order valence-corrected chi connectivity index (χ4v) is 6.87. The zero-order chi connectivity index (χ0) is 32.4. The molecule has 8 nitrogen and oxygen atoms in total. The Balaban J connectivity index is 1.70. The third-order valence-electron chi connectivity index (χ3n) is 6.98. The summed E-state index contributed by atoms with van der Waals surface area (Å²) in [6.07, 6.45) is 1.63. The first-order chi connectivity index (χ1) is 20.7. The molecule has 44 heavy (non-hydrogen) atoms. The molecule has 4 rings (SSSR count). The molecule has 0 bridgehead atoms. The number of sulfonamides is 1. The van der Waals surface area contributed by atoms with Gasteiger partial charge in [0, 0.05) is 22.4 Å². The maximum Gasteiger partial charge on any atom is 0.323 e. The van der Waals surface area contributed by atoms with Crippen molar-refractivity contribution in [1.29, 1.82) is 0 Å². The van der Waals surface area contributed by atoms with Gasteiger partial charge in [-0.15, -0.1) is 0 Å². The topological polar surface area (TPSA) is 99.5 Å². The standard InChI is InChI=1S/C30H29ClF3N3O5S2/c1-17(28(38)42-5)36-44(39,40)21-13-24(33)22(25(34)14-21)16-43-29-35-15-27(37(29)20-9-7-19(32)8-10-20)30(2,3)18-6-11-23(31)26(12-18)41-4/h6-15,17,36H,16H2,1-5H3/t17-/m1/s1. The number of halogens is 4. The summed E-state index contributed by atoms with van der Waals surface area (Å²) in [4.78, 5) is 15.5. The highest BCUT2D eigenvalue weighted by atomic mass is 35.5. The van der Waals surface area contributed by atoms with E-state index in [4.69, 9.17) is 16.3 Å². The molecule has 0 amide bonds. The van der Waals surface area contributed by atoms with Crippen molar-refractivity contribution < 1.29 is 35.9 Å². The number of imidazole rings is 1. The van der Waals surface area contributed by atoms with Gasteiger partial charge in [0.15, 0.2) is 5.16 Å². The number of aromatic nitrogens is 2. The smallest absolute Gasteiger partial charge is 0.323 e. The van der Waals surface area contributed by atoms with Gasteiger partial charge in [0.25, 0.3) is 0 Å². The van der Waals surface area contributed by atoms with E-state index in [0.717, 1.165) is 24.4 Å². The van der Waals surface area contributed by atoms with E-state index in [2.05, 4.69) is 9.72 Å². The second-order valence-electron chi connectivity index (χ2n) is 10.2. The van der Waals surface area contributed by atoms with E-state index in [0.29, 0.717) is 39.4 Å². The highest BCUT2D eigenvalue weighted by Crippen LogP contribution is 2.39. The molecule has 1 heterocycles. The Labute approximate surface area is 262 Å². The van der Waals surface area contributed by atoms with Crippen molar-refractivity contribution in [2.75, 3.05) is 14.2 Å². The minimum Gasteiger partial charge on any atom is -0.495 e. The number of carbonyl (C=O) groups is 1. The molecule has 0 saturated carbocycles. The zero-order valence-corrected chi connectivity index (χ0v) is 26.7. The Morgan fingerprint density at radius 2 is 1.70 bits per heavy atom. The van der Waals surface area contributed by atoms with Crippen molar-refractivity contribution in [3.05, 3.63) is 100 Å². The van der Waals surface area contributed by atoms with Crippen LogP contribution in [0.3, 0.4) is 0 Å². The van der Waals surface area contributed by atoms with Crippen LogP contribution in [-0.2, 0) is 30.7 Å². The summed E-state index contributed by atoms with van der Waals surface area (Å²) in [6, 6.07) is 11.2. The Morgan fingerprint density at radius 3 is 2.30 bits per heavy atom. The minimum atomic E-state index is -4.44. The Hall–Kier alpha value is -3.52. The molecular formula is C30H29ClF3N3O5S2. The number of benzene rings is 3. The minimum absolute atomic E-state index is 0.253. The highest BCUT2D eigenvalue weighted by Gasteiger charge is 2.31. The van der Waals surface area contributed by atoms with Crippen molar-refractivity contribution in [2.24, 2.45) is 0 Å². The van der Waals surface area contributed by atoms with Crippen LogP contribution >= 0.6 is 23.4 Å². The summed E-state index contributed by atoms with van der Waals surface area (Å²) in [5.74, 6) is -3.28. The molecule has 1 aromatic heterocycles. The maximum atomic E-state index is 15.2. The van der Waals surface area contributed by atoms with Crippen LogP contribution in [0.5, 0.6) is 5.75 Å². The normalized spacial score (nSPS) is 12.7. The number of nitrogens with zero attached hydrogens (tertiary/aromatic N) is 2. The SMILES string of the molecule is COC(=O)[C@@H](C)NS(=O)(=O)c1cc(F)c(CSc2ncc(C(C)(C)c3ccc(Cl)c(OC)c3)n2-c2ccc(F)cc2)c(F)c1. The van der Waals surface area contributed by atoms with Gasteiger partial charge in [0.1, 0.15) is 29.2 Å². The molecule has 0 unspecified atom stereocenters. The number of thioether (sulfide) groups is 1. The van der Waals surface area contributed by atoms with E-state index in [1.807, 2.05) is 24.6 Å². The molecule has 14 heteroatoms. The Morgan fingerprint density at radius 1 is 1.07 bits per heavy atom. The third-order valence-corrected chi connectivity index (χ3v) is 9.80. The Bertz CT molecular complexity index is 1780. The van der Waals surface area contributed by atoms with Gasteiger partial charge in [-0.3, -0.25) is 9.36 Å². The molecular weight excluding hydrogens is 639 g/mol. The number of nitrogens with one attached hydrogen (secondary N) is 1. The quantitative estimate of drug-likeness (QED) is 0.146. The van der Waals surface area contributed by atoms with Gasteiger partial charge in [-0.1, -0.05) is 43.3 Å². The van der Waals surface area contributed by atoms with Gasteiger partial charge >= 0.3 is 5.97 Å². The van der Waals surface area contributed by atoms with Gasteiger partial charge in [-0.25, -0.2) is 26.6 Å². The van der Waals surface area contributed by atoms with Crippen LogP contribution in [0.15, 0.2) is 70.8 Å². The molecule has 0 spiro atoms. The van der Waals surface area contributed by atoms with Crippen LogP contribution in [0.1, 0.15) is 37.6 Å². The van der Waals surface area contributed by atoms with Crippen LogP contribution in [0.25, 0.3) is 5.69 Å². The molecule has 0 radical (unpaired) electrons. The third kappa shape index (κ3) is 6.90. The highest BCUT2D eigenvalue weighted by molar-refractivity contribution is 7.98. The number of hydrogen-bond acceptors (Lipinski definition) is 7. The lowest BCUT2D eigenvalue weighted by Crippen LogP contribution is -2.39.